The average Bonchev–Trinajstić information content (AvgIpc) is 2.70. The van der Waals surface area contributed by atoms with Crippen molar-refractivity contribution < 1.29 is 9.53 Å². The van der Waals surface area contributed by atoms with Crippen molar-refractivity contribution in [1.29, 1.82) is 0 Å². The summed E-state index contributed by atoms with van der Waals surface area (Å²) >= 11 is 12.1. The van der Waals surface area contributed by atoms with Crippen LogP contribution in [0.2, 0.25) is 10.0 Å². The fourth-order valence-electron chi connectivity index (χ4n) is 2.82. The quantitative estimate of drug-likeness (QED) is 0.619. The highest BCUT2D eigenvalue weighted by Crippen LogP contribution is 2.34. The van der Waals surface area contributed by atoms with E-state index in [1.54, 1.807) is 17.0 Å². The number of hydrogen-bond donors (Lipinski definition) is 1. The number of pyridine rings is 1. The highest BCUT2D eigenvalue weighted by molar-refractivity contribution is 6.42. The van der Waals surface area contributed by atoms with E-state index in [1.807, 2.05) is 48.5 Å². The third-order valence-electron chi connectivity index (χ3n) is 4.15. The summed E-state index contributed by atoms with van der Waals surface area (Å²) in [6, 6.07) is 18.0. The van der Waals surface area contributed by atoms with Crippen LogP contribution in [-0.4, -0.2) is 24.2 Å². The van der Waals surface area contributed by atoms with Crippen molar-refractivity contribution in [2.45, 2.75) is 0 Å². The van der Waals surface area contributed by atoms with E-state index in [4.69, 9.17) is 27.9 Å². The number of benzene rings is 2. The molecule has 1 aliphatic heterocycles. The molecule has 7 heteroatoms. The first-order valence-corrected chi connectivity index (χ1v) is 9.10. The highest BCUT2D eigenvalue weighted by atomic mass is 35.5. The highest BCUT2D eigenvalue weighted by Gasteiger charge is 2.26. The van der Waals surface area contributed by atoms with Crippen molar-refractivity contribution in [3.8, 4) is 17.0 Å². The summed E-state index contributed by atoms with van der Waals surface area (Å²) in [7, 11) is 0. The number of aromatic nitrogens is 1. The van der Waals surface area contributed by atoms with E-state index in [9.17, 15) is 4.79 Å². The van der Waals surface area contributed by atoms with Crippen LogP contribution in [0.4, 0.5) is 16.3 Å². The Hall–Kier alpha value is -2.76. The number of rotatable bonds is 2. The van der Waals surface area contributed by atoms with Crippen LogP contribution in [0.15, 0.2) is 60.7 Å². The lowest BCUT2D eigenvalue weighted by Crippen LogP contribution is -2.41. The third-order valence-corrected chi connectivity index (χ3v) is 4.89. The number of carbonyl (C=O) groups is 1. The van der Waals surface area contributed by atoms with E-state index in [0.29, 0.717) is 40.5 Å². The van der Waals surface area contributed by atoms with Crippen molar-refractivity contribution in [2.75, 3.05) is 23.4 Å². The van der Waals surface area contributed by atoms with Gasteiger partial charge in [0.15, 0.2) is 11.6 Å². The number of nitrogens with zero attached hydrogens (tertiary/aromatic N) is 2. The van der Waals surface area contributed by atoms with Crippen molar-refractivity contribution in [3.05, 3.63) is 70.7 Å². The van der Waals surface area contributed by atoms with Crippen LogP contribution in [0.5, 0.6) is 5.75 Å². The van der Waals surface area contributed by atoms with Crippen molar-refractivity contribution >= 4 is 40.7 Å². The van der Waals surface area contributed by atoms with E-state index < -0.39 is 0 Å². The van der Waals surface area contributed by atoms with Gasteiger partial charge < -0.3 is 10.1 Å². The van der Waals surface area contributed by atoms with Crippen LogP contribution in [-0.2, 0) is 0 Å². The second-order valence-electron chi connectivity index (χ2n) is 5.94. The molecule has 3 aromatic rings. The summed E-state index contributed by atoms with van der Waals surface area (Å²) in [5.41, 5.74) is 2.20. The number of amides is 2. The van der Waals surface area contributed by atoms with Gasteiger partial charge in [-0.25, -0.2) is 9.78 Å². The van der Waals surface area contributed by atoms with E-state index >= 15 is 0 Å². The maximum Gasteiger partial charge on any atom is 0.327 e. The number of nitrogens with one attached hydrogen (secondary N) is 1. The van der Waals surface area contributed by atoms with Gasteiger partial charge in [0.2, 0.25) is 0 Å². The van der Waals surface area contributed by atoms with E-state index in [-0.39, 0.29) is 6.03 Å². The Labute approximate surface area is 166 Å². The maximum atomic E-state index is 12.8. The Balaban J connectivity index is 1.66. The van der Waals surface area contributed by atoms with Gasteiger partial charge >= 0.3 is 6.03 Å². The topological polar surface area (TPSA) is 54.5 Å². The number of urea groups is 1. The minimum absolute atomic E-state index is 0.260. The zero-order chi connectivity index (χ0) is 18.8. The van der Waals surface area contributed by atoms with E-state index in [0.717, 1.165) is 11.3 Å². The standard InChI is InChI=1S/C20H15Cl2N3O2/c21-15-7-6-13(12-16(15)22)17-8-9-18-19(24-17)25(10-11-27-18)20(26)23-14-4-2-1-3-5-14/h1-9,12H,10-11H2,(H,23,26). The molecule has 0 spiro atoms. The number of carbonyl (C=O) groups excluding carboxylic acids is 1. The van der Waals surface area contributed by atoms with Gasteiger partial charge in [-0.1, -0.05) is 47.5 Å². The van der Waals surface area contributed by atoms with Gasteiger partial charge in [-0.15, -0.1) is 0 Å². The van der Waals surface area contributed by atoms with E-state index in [2.05, 4.69) is 10.3 Å². The first-order valence-electron chi connectivity index (χ1n) is 8.34. The van der Waals surface area contributed by atoms with Crippen LogP contribution >= 0.6 is 23.2 Å². The largest absolute Gasteiger partial charge is 0.488 e. The number of anilines is 2. The summed E-state index contributed by atoms with van der Waals surface area (Å²) in [5, 5.41) is 3.81. The molecule has 0 radical (unpaired) electrons. The van der Waals surface area contributed by atoms with Gasteiger partial charge in [-0.3, -0.25) is 4.90 Å². The molecule has 0 unspecified atom stereocenters. The first kappa shape index (κ1) is 17.6. The molecular formula is C20H15Cl2N3O2. The molecule has 0 atom stereocenters. The van der Waals surface area contributed by atoms with Gasteiger partial charge in [0, 0.05) is 11.3 Å². The molecule has 5 nitrogen and oxygen atoms in total. The summed E-state index contributed by atoms with van der Waals surface area (Å²) in [4.78, 5) is 19.0. The molecule has 2 aromatic carbocycles. The Kier molecular flexibility index (Phi) is 4.88. The number of ether oxygens (including phenoxy) is 1. The fraction of sp³-hybridized carbons (Fsp3) is 0.100. The normalized spacial score (nSPS) is 12.9. The third kappa shape index (κ3) is 3.70. The van der Waals surface area contributed by atoms with E-state index in [1.165, 1.54) is 0 Å². The molecule has 0 fully saturated rings. The summed E-state index contributed by atoms with van der Waals surface area (Å²) < 4.78 is 5.66. The summed E-state index contributed by atoms with van der Waals surface area (Å²) in [5.74, 6) is 1.03. The average molecular weight is 400 g/mol. The molecular weight excluding hydrogens is 385 g/mol. The first-order chi connectivity index (χ1) is 13.1. The molecule has 1 aromatic heterocycles. The van der Waals surface area contributed by atoms with Gasteiger partial charge in [-0.05, 0) is 36.4 Å². The molecule has 4 rings (SSSR count). The molecule has 0 bridgehead atoms. The second kappa shape index (κ2) is 7.47. The van der Waals surface area contributed by atoms with Gasteiger partial charge in [0.25, 0.3) is 0 Å². The Morgan fingerprint density at radius 3 is 2.63 bits per heavy atom. The van der Waals surface area contributed by atoms with Crippen LogP contribution in [0.1, 0.15) is 0 Å². The molecule has 27 heavy (non-hydrogen) atoms. The monoisotopic (exact) mass is 399 g/mol. The van der Waals surface area contributed by atoms with Crippen LogP contribution in [0.3, 0.4) is 0 Å². The Morgan fingerprint density at radius 2 is 1.85 bits per heavy atom. The zero-order valence-electron chi connectivity index (χ0n) is 14.2. The molecule has 0 saturated heterocycles. The summed E-state index contributed by atoms with van der Waals surface area (Å²) in [6.07, 6.45) is 0. The van der Waals surface area contributed by atoms with Crippen molar-refractivity contribution in [3.63, 3.8) is 0 Å². The second-order valence-corrected chi connectivity index (χ2v) is 6.76. The zero-order valence-corrected chi connectivity index (χ0v) is 15.7. The van der Waals surface area contributed by atoms with Crippen molar-refractivity contribution in [1.82, 2.24) is 4.98 Å². The molecule has 1 N–H and O–H groups in total. The minimum atomic E-state index is -0.260. The van der Waals surface area contributed by atoms with Crippen LogP contribution in [0.25, 0.3) is 11.3 Å². The lowest BCUT2D eigenvalue weighted by Gasteiger charge is -2.28. The Bertz CT molecular complexity index is 996. The smallest absolute Gasteiger partial charge is 0.327 e. The van der Waals surface area contributed by atoms with Crippen molar-refractivity contribution in [2.24, 2.45) is 0 Å². The predicted octanol–water partition coefficient (Wildman–Crippen LogP) is 5.49. The van der Waals surface area contributed by atoms with Crippen LogP contribution < -0.4 is 15.0 Å². The minimum Gasteiger partial charge on any atom is -0.488 e. The number of fused-ring (bicyclic) bond motifs is 1. The fourth-order valence-corrected chi connectivity index (χ4v) is 3.12. The summed E-state index contributed by atoms with van der Waals surface area (Å²) in [6.45, 7) is 0.812. The predicted molar refractivity (Wildman–Crippen MR) is 108 cm³/mol. The lowest BCUT2D eigenvalue weighted by atomic mass is 10.1. The number of para-hydroxylation sites is 1. The maximum absolute atomic E-state index is 12.8. The van der Waals surface area contributed by atoms with Gasteiger partial charge in [0.05, 0.1) is 22.3 Å². The molecule has 0 saturated carbocycles. The molecule has 0 aliphatic carbocycles. The Morgan fingerprint density at radius 1 is 1.04 bits per heavy atom. The lowest BCUT2D eigenvalue weighted by molar-refractivity contribution is 0.249. The van der Waals surface area contributed by atoms with Crippen LogP contribution in [0, 0.1) is 0 Å². The molecule has 136 valence electrons. The molecule has 1 aliphatic rings. The molecule has 2 heterocycles. The molecule has 2 amide bonds. The number of halogens is 2. The number of hydrogen-bond acceptors (Lipinski definition) is 3. The van der Waals surface area contributed by atoms with Gasteiger partial charge in [-0.2, -0.15) is 0 Å². The SMILES string of the molecule is O=C(Nc1ccccc1)N1CCOc2ccc(-c3ccc(Cl)c(Cl)c3)nc21. The van der Waals surface area contributed by atoms with Gasteiger partial charge in [0.1, 0.15) is 6.61 Å².